The van der Waals surface area contributed by atoms with Crippen LogP contribution in [0, 0.1) is 0 Å². The Hall–Kier alpha value is -2.01. The van der Waals surface area contributed by atoms with Gasteiger partial charge in [-0.15, -0.1) is 0 Å². The minimum absolute atomic E-state index is 0.0378. The largest absolute Gasteiger partial charge is 0.499 e. The Morgan fingerprint density at radius 1 is 1.36 bits per heavy atom. The number of benzene rings is 1. The van der Waals surface area contributed by atoms with Crippen LogP contribution in [0.25, 0.3) is 5.57 Å². The van der Waals surface area contributed by atoms with Crippen molar-refractivity contribution >= 4 is 17.7 Å². The minimum atomic E-state index is 0.0378. The van der Waals surface area contributed by atoms with Crippen LogP contribution in [0.15, 0.2) is 24.0 Å². The van der Waals surface area contributed by atoms with Crippen molar-refractivity contribution in [2.24, 2.45) is 0 Å². The number of nitrogens with one attached hydrogen (secondary N) is 1. The van der Waals surface area contributed by atoms with Gasteiger partial charge in [0.2, 0.25) is 6.41 Å². The molecule has 0 saturated carbocycles. The molecule has 1 aromatic rings. The smallest absolute Gasteiger partial charge is 0.211 e. The summed E-state index contributed by atoms with van der Waals surface area (Å²) in [6.07, 6.45) is 1.63. The molecule has 1 aromatic carbocycles. The number of rotatable bonds is 6. The maximum absolute atomic E-state index is 10.7. The van der Waals surface area contributed by atoms with E-state index in [9.17, 15) is 4.79 Å². The summed E-state index contributed by atoms with van der Waals surface area (Å²) < 4.78 is 11.4. The van der Waals surface area contributed by atoms with Crippen molar-refractivity contribution in [2.75, 3.05) is 32.6 Å². The van der Waals surface area contributed by atoms with E-state index in [2.05, 4.69) is 17.3 Å². The van der Waals surface area contributed by atoms with E-state index in [-0.39, 0.29) is 6.10 Å². The Morgan fingerprint density at radius 2 is 2.14 bits per heavy atom. The molecule has 2 rings (SSSR count). The van der Waals surface area contributed by atoms with E-state index >= 15 is 0 Å². The number of ether oxygens (including phenoxy) is 2. The van der Waals surface area contributed by atoms with Gasteiger partial charge in [0, 0.05) is 6.54 Å². The molecule has 0 fully saturated rings. The van der Waals surface area contributed by atoms with Gasteiger partial charge in [0.25, 0.3) is 0 Å². The van der Waals surface area contributed by atoms with E-state index in [1.165, 1.54) is 5.57 Å². The summed E-state index contributed by atoms with van der Waals surface area (Å²) in [7, 11) is 3.79. The van der Waals surface area contributed by atoms with Crippen molar-refractivity contribution in [2.45, 2.75) is 26.4 Å². The van der Waals surface area contributed by atoms with Gasteiger partial charge in [-0.1, -0.05) is 6.07 Å². The lowest BCUT2D eigenvalue weighted by Crippen LogP contribution is -2.28. The van der Waals surface area contributed by atoms with E-state index in [4.69, 9.17) is 9.47 Å². The third-order valence-electron chi connectivity index (χ3n) is 3.65. The van der Waals surface area contributed by atoms with Gasteiger partial charge in [-0.05, 0) is 50.6 Å². The van der Waals surface area contributed by atoms with Gasteiger partial charge in [-0.2, -0.15) is 0 Å². The number of anilines is 1. The molecular formula is C17H24N2O3. The van der Waals surface area contributed by atoms with Crippen LogP contribution in [0.1, 0.15) is 25.8 Å². The zero-order chi connectivity index (χ0) is 16.1. The molecule has 0 spiro atoms. The van der Waals surface area contributed by atoms with Gasteiger partial charge in [0.1, 0.15) is 11.5 Å². The van der Waals surface area contributed by atoms with Gasteiger partial charge in [0.15, 0.2) is 0 Å². The Labute approximate surface area is 131 Å². The van der Waals surface area contributed by atoms with Gasteiger partial charge >= 0.3 is 0 Å². The lowest BCUT2D eigenvalue weighted by atomic mass is 9.97. The van der Waals surface area contributed by atoms with E-state index < -0.39 is 0 Å². The average molecular weight is 304 g/mol. The molecular weight excluding hydrogens is 280 g/mol. The van der Waals surface area contributed by atoms with E-state index in [0.29, 0.717) is 17.8 Å². The van der Waals surface area contributed by atoms with Crippen molar-refractivity contribution in [1.82, 2.24) is 4.90 Å². The van der Waals surface area contributed by atoms with Crippen LogP contribution >= 0.6 is 0 Å². The second-order valence-corrected chi connectivity index (χ2v) is 5.73. The second kappa shape index (κ2) is 7.31. The third kappa shape index (κ3) is 3.80. The summed E-state index contributed by atoms with van der Waals surface area (Å²) in [5.74, 6) is 1.67. The molecule has 0 aromatic heterocycles. The highest BCUT2D eigenvalue weighted by molar-refractivity contribution is 5.79. The highest BCUT2D eigenvalue weighted by Crippen LogP contribution is 2.33. The van der Waals surface area contributed by atoms with Crippen LogP contribution in [-0.2, 0) is 9.53 Å². The molecule has 5 nitrogen and oxygen atoms in total. The Kier molecular flexibility index (Phi) is 5.44. The summed E-state index contributed by atoms with van der Waals surface area (Å²) in [5.41, 5.74) is 2.96. The number of methoxy groups -OCH3 is 1. The molecule has 1 amide bonds. The first kappa shape index (κ1) is 16.4. The molecule has 1 N–H and O–H groups in total. The van der Waals surface area contributed by atoms with Crippen LogP contribution in [0.5, 0.6) is 5.75 Å². The van der Waals surface area contributed by atoms with Crippen molar-refractivity contribution in [3.8, 4) is 5.75 Å². The molecule has 1 aliphatic rings. The third-order valence-corrected chi connectivity index (χ3v) is 3.65. The van der Waals surface area contributed by atoms with Crippen molar-refractivity contribution in [3.63, 3.8) is 0 Å². The quantitative estimate of drug-likeness (QED) is 0.821. The van der Waals surface area contributed by atoms with Crippen molar-refractivity contribution in [3.05, 3.63) is 29.5 Å². The first-order valence-corrected chi connectivity index (χ1v) is 7.51. The van der Waals surface area contributed by atoms with E-state index in [0.717, 1.165) is 30.8 Å². The average Bonchev–Trinajstić information content (AvgIpc) is 2.48. The molecule has 0 unspecified atom stereocenters. The maximum Gasteiger partial charge on any atom is 0.211 e. The number of hydrogen-bond acceptors (Lipinski definition) is 4. The molecule has 0 saturated heterocycles. The predicted octanol–water partition coefficient (Wildman–Crippen LogP) is 2.74. The summed E-state index contributed by atoms with van der Waals surface area (Å²) >= 11 is 0. The lowest BCUT2D eigenvalue weighted by Gasteiger charge is -2.27. The number of likely N-dealkylation sites (N-methyl/N-ethyl adjacent to an activating group) is 1. The van der Waals surface area contributed by atoms with Crippen molar-refractivity contribution in [1.29, 1.82) is 0 Å². The fourth-order valence-electron chi connectivity index (χ4n) is 2.60. The molecule has 0 aliphatic carbocycles. The van der Waals surface area contributed by atoms with Crippen LogP contribution in [0.2, 0.25) is 0 Å². The molecule has 22 heavy (non-hydrogen) atoms. The monoisotopic (exact) mass is 304 g/mol. The molecule has 120 valence electrons. The first-order valence-electron chi connectivity index (χ1n) is 7.51. The standard InChI is InChI=1S/C17H24N2O3/c1-12(2)22-16-9-13(5-6-15(16)18-11-20)14-7-8-19(3)10-17(14)21-4/h5-6,9,11-12H,7-8,10H2,1-4H3,(H,18,20). The summed E-state index contributed by atoms with van der Waals surface area (Å²) in [5, 5.41) is 2.68. The fraction of sp³-hybridized carbons (Fsp3) is 0.471. The fourth-order valence-corrected chi connectivity index (χ4v) is 2.60. The number of hydrogen-bond donors (Lipinski definition) is 1. The second-order valence-electron chi connectivity index (χ2n) is 5.73. The number of amides is 1. The molecule has 0 atom stereocenters. The van der Waals surface area contributed by atoms with Crippen LogP contribution in [0.3, 0.4) is 0 Å². The lowest BCUT2D eigenvalue weighted by molar-refractivity contribution is -0.105. The summed E-state index contributed by atoms with van der Waals surface area (Å²) in [4.78, 5) is 13.0. The number of carbonyl (C=O) groups excluding carboxylic acids is 1. The zero-order valence-electron chi connectivity index (χ0n) is 13.7. The summed E-state index contributed by atoms with van der Waals surface area (Å²) in [6.45, 7) is 5.73. The topological polar surface area (TPSA) is 50.8 Å². The highest BCUT2D eigenvalue weighted by Gasteiger charge is 2.19. The van der Waals surface area contributed by atoms with Gasteiger partial charge in [-0.25, -0.2) is 0 Å². The molecule has 1 aliphatic heterocycles. The van der Waals surface area contributed by atoms with Gasteiger partial charge in [-0.3, -0.25) is 9.69 Å². The zero-order valence-corrected chi connectivity index (χ0v) is 13.7. The van der Waals surface area contributed by atoms with Crippen LogP contribution < -0.4 is 10.1 Å². The van der Waals surface area contributed by atoms with E-state index in [1.807, 2.05) is 32.0 Å². The molecule has 5 heteroatoms. The summed E-state index contributed by atoms with van der Waals surface area (Å²) in [6, 6.07) is 5.85. The molecule has 0 bridgehead atoms. The molecule has 0 radical (unpaired) electrons. The van der Waals surface area contributed by atoms with Crippen LogP contribution in [0.4, 0.5) is 5.69 Å². The predicted molar refractivity (Wildman–Crippen MR) is 87.9 cm³/mol. The number of carbonyl (C=O) groups is 1. The Morgan fingerprint density at radius 3 is 2.77 bits per heavy atom. The van der Waals surface area contributed by atoms with Gasteiger partial charge in [0.05, 0.1) is 25.4 Å². The maximum atomic E-state index is 10.7. The Balaban J connectivity index is 2.40. The highest BCUT2D eigenvalue weighted by atomic mass is 16.5. The number of nitrogens with zero attached hydrogens (tertiary/aromatic N) is 1. The van der Waals surface area contributed by atoms with Gasteiger partial charge < -0.3 is 14.8 Å². The first-order chi connectivity index (χ1) is 10.5. The minimum Gasteiger partial charge on any atom is -0.499 e. The van der Waals surface area contributed by atoms with E-state index in [1.54, 1.807) is 7.11 Å². The SMILES string of the molecule is COC1=C(c2ccc(NC=O)c(OC(C)C)c2)CCN(C)C1. The normalized spacial score (nSPS) is 15.9. The molecule has 1 heterocycles. The van der Waals surface area contributed by atoms with Crippen molar-refractivity contribution < 1.29 is 14.3 Å². The Bertz CT molecular complexity index is 567. The van der Waals surface area contributed by atoms with Crippen LogP contribution in [-0.4, -0.2) is 44.7 Å².